The van der Waals surface area contributed by atoms with Gasteiger partial charge >= 0.3 is 0 Å². The Morgan fingerprint density at radius 1 is 1.43 bits per heavy atom. The summed E-state index contributed by atoms with van der Waals surface area (Å²) in [5, 5.41) is 7.88. The largest absolute Gasteiger partial charge is 0.496 e. The van der Waals surface area contributed by atoms with Crippen molar-refractivity contribution in [3.8, 4) is 5.75 Å². The number of nitrogens with two attached hydrogens (primary N) is 1. The van der Waals surface area contributed by atoms with Crippen LogP contribution in [0.25, 0.3) is 0 Å². The number of carbonyl (C=O) groups is 1. The zero-order valence-corrected chi connectivity index (χ0v) is 12.8. The number of nitrogens with one attached hydrogen (secondary N) is 1. The molecule has 0 heterocycles. The van der Waals surface area contributed by atoms with Gasteiger partial charge in [-0.15, -0.1) is 0 Å². The molecule has 21 heavy (non-hydrogen) atoms. The predicted octanol–water partition coefficient (Wildman–Crippen LogP) is 1.26. The third kappa shape index (κ3) is 3.95. The number of ether oxygens (including phenoxy) is 1. The molecule has 1 amide bonds. The Labute approximate surface area is 124 Å². The maximum atomic E-state index is 12.2. The van der Waals surface area contributed by atoms with Crippen LogP contribution in [0.3, 0.4) is 0 Å². The lowest BCUT2D eigenvalue weighted by Crippen LogP contribution is -2.28. The van der Waals surface area contributed by atoms with Gasteiger partial charge in [0.25, 0.3) is 5.91 Å². The summed E-state index contributed by atoms with van der Waals surface area (Å²) >= 11 is 0. The monoisotopic (exact) mass is 312 g/mol. The Morgan fingerprint density at radius 3 is 2.67 bits per heavy atom. The zero-order chi connectivity index (χ0) is 15.5. The Hall–Kier alpha value is -1.60. The molecule has 6 nitrogen and oxygen atoms in total. The summed E-state index contributed by atoms with van der Waals surface area (Å²) in [6, 6.07) is 3.99. The molecule has 116 valence electrons. The summed E-state index contributed by atoms with van der Waals surface area (Å²) in [6.07, 6.45) is 4.66. The smallest absolute Gasteiger partial charge is 0.255 e. The van der Waals surface area contributed by atoms with Crippen LogP contribution < -0.4 is 15.2 Å². The molecule has 7 heteroatoms. The van der Waals surface area contributed by atoms with Gasteiger partial charge in [-0.05, 0) is 30.5 Å². The zero-order valence-electron chi connectivity index (χ0n) is 12.0. The molecule has 1 fully saturated rings. The van der Waals surface area contributed by atoms with Gasteiger partial charge in [-0.1, -0.05) is 19.3 Å². The van der Waals surface area contributed by atoms with E-state index < -0.39 is 10.0 Å². The normalized spacial score (nSPS) is 15.3. The van der Waals surface area contributed by atoms with E-state index in [1.807, 2.05) is 0 Å². The lowest BCUT2D eigenvalue weighted by molar-refractivity contribution is 0.0945. The van der Waals surface area contributed by atoms with Crippen LogP contribution in [0.15, 0.2) is 23.1 Å². The van der Waals surface area contributed by atoms with Crippen molar-refractivity contribution < 1.29 is 17.9 Å². The van der Waals surface area contributed by atoms with E-state index in [1.54, 1.807) is 0 Å². The molecule has 0 bridgehead atoms. The molecule has 0 aliphatic heterocycles. The van der Waals surface area contributed by atoms with Crippen LogP contribution in [-0.2, 0) is 10.0 Å². The topological polar surface area (TPSA) is 98.5 Å². The van der Waals surface area contributed by atoms with Crippen molar-refractivity contribution in [1.29, 1.82) is 0 Å². The molecule has 1 saturated carbocycles. The average Bonchev–Trinajstić information content (AvgIpc) is 2.39. The standard InChI is InChI=1S/C14H20N2O4S/c1-20-13-6-5-11(21(15,18)19)9-12(13)14(17)16-8-7-10-3-2-4-10/h5-6,9-10H,2-4,7-8H2,1H3,(H,16,17)(H2,15,18,19). The molecule has 2 rings (SSSR count). The number of rotatable bonds is 6. The van der Waals surface area contributed by atoms with Gasteiger partial charge in [0.15, 0.2) is 0 Å². The van der Waals surface area contributed by atoms with Gasteiger partial charge in [-0.2, -0.15) is 0 Å². The molecule has 0 saturated heterocycles. The Morgan fingerprint density at radius 2 is 2.14 bits per heavy atom. The van der Waals surface area contributed by atoms with Crippen molar-refractivity contribution in [2.45, 2.75) is 30.6 Å². The third-order valence-corrected chi connectivity index (χ3v) is 4.72. The van der Waals surface area contributed by atoms with Crippen molar-refractivity contribution in [3.05, 3.63) is 23.8 Å². The van der Waals surface area contributed by atoms with Crippen molar-refractivity contribution in [2.75, 3.05) is 13.7 Å². The molecule has 0 radical (unpaired) electrons. The van der Waals surface area contributed by atoms with Crippen LogP contribution in [0, 0.1) is 5.92 Å². The van der Waals surface area contributed by atoms with Gasteiger partial charge in [-0.3, -0.25) is 4.79 Å². The van der Waals surface area contributed by atoms with Crippen LogP contribution in [-0.4, -0.2) is 28.0 Å². The first-order valence-electron chi connectivity index (χ1n) is 6.91. The highest BCUT2D eigenvalue weighted by Gasteiger charge is 2.19. The Kier molecular flexibility index (Phi) is 4.84. The van der Waals surface area contributed by atoms with E-state index in [0.29, 0.717) is 18.2 Å². The van der Waals surface area contributed by atoms with E-state index in [0.717, 1.165) is 6.42 Å². The minimum atomic E-state index is -3.85. The molecule has 3 N–H and O–H groups in total. The van der Waals surface area contributed by atoms with Crippen LogP contribution in [0.4, 0.5) is 0 Å². The summed E-state index contributed by atoms with van der Waals surface area (Å²) < 4.78 is 27.8. The molecule has 1 aliphatic carbocycles. The third-order valence-electron chi connectivity index (χ3n) is 3.81. The second kappa shape index (κ2) is 6.44. The maximum absolute atomic E-state index is 12.2. The molecule has 0 spiro atoms. The fraction of sp³-hybridized carbons (Fsp3) is 0.500. The first kappa shape index (κ1) is 15.8. The Bertz CT molecular complexity index is 624. The molecule has 1 aliphatic rings. The lowest BCUT2D eigenvalue weighted by Gasteiger charge is -2.25. The number of amides is 1. The highest BCUT2D eigenvalue weighted by molar-refractivity contribution is 7.89. The van der Waals surface area contributed by atoms with Crippen LogP contribution >= 0.6 is 0 Å². The molecular weight excluding hydrogens is 292 g/mol. The van der Waals surface area contributed by atoms with Crippen molar-refractivity contribution in [1.82, 2.24) is 5.32 Å². The van der Waals surface area contributed by atoms with E-state index >= 15 is 0 Å². The number of carbonyl (C=O) groups excluding carboxylic acids is 1. The minimum absolute atomic E-state index is 0.104. The van der Waals surface area contributed by atoms with E-state index in [-0.39, 0.29) is 16.4 Å². The highest BCUT2D eigenvalue weighted by Crippen LogP contribution is 2.29. The molecule has 1 aromatic rings. The van der Waals surface area contributed by atoms with Crippen molar-refractivity contribution in [2.24, 2.45) is 11.1 Å². The van der Waals surface area contributed by atoms with Gasteiger partial charge in [-0.25, -0.2) is 13.6 Å². The summed E-state index contributed by atoms with van der Waals surface area (Å²) in [4.78, 5) is 12.1. The summed E-state index contributed by atoms with van der Waals surface area (Å²) in [5.41, 5.74) is 0.178. The first-order chi connectivity index (χ1) is 9.91. The van der Waals surface area contributed by atoms with E-state index in [9.17, 15) is 13.2 Å². The number of benzene rings is 1. The molecule has 0 unspecified atom stereocenters. The number of primary sulfonamides is 1. The number of sulfonamides is 1. The number of hydrogen-bond donors (Lipinski definition) is 2. The van der Waals surface area contributed by atoms with Gasteiger partial charge in [0.05, 0.1) is 17.6 Å². The fourth-order valence-electron chi connectivity index (χ4n) is 2.31. The average molecular weight is 312 g/mol. The van der Waals surface area contributed by atoms with E-state index in [4.69, 9.17) is 9.88 Å². The minimum Gasteiger partial charge on any atom is -0.496 e. The van der Waals surface area contributed by atoms with E-state index in [1.165, 1.54) is 44.6 Å². The summed E-state index contributed by atoms with van der Waals surface area (Å²) in [5.74, 6) is 0.670. The van der Waals surface area contributed by atoms with Gasteiger partial charge in [0, 0.05) is 6.54 Å². The number of hydrogen-bond acceptors (Lipinski definition) is 4. The van der Waals surface area contributed by atoms with Crippen LogP contribution in [0.5, 0.6) is 5.75 Å². The Balaban J connectivity index is 2.09. The lowest BCUT2D eigenvalue weighted by atomic mass is 9.83. The second-order valence-corrected chi connectivity index (χ2v) is 6.81. The molecule has 1 aromatic carbocycles. The van der Waals surface area contributed by atoms with Gasteiger partial charge in [0.2, 0.25) is 10.0 Å². The predicted molar refractivity (Wildman–Crippen MR) is 78.7 cm³/mol. The summed E-state index contributed by atoms with van der Waals surface area (Å²) in [6.45, 7) is 0.576. The van der Waals surface area contributed by atoms with Gasteiger partial charge < -0.3 is 10.1 Å². The van der Waals surface area contributed by atoms with Crippen molar-refractivity contribution in [3.63, 3.8) is 0 Å². The summed E-state index contributed by atoms with van der Waals surface area (Å²) in [7, 11) is -2.42. The maximum Gasteiger partial charge on any atom is 0.255 e. The quantitative estimate of drug-likeness (QED) is 0.826. The first-order valence-corrected chi connectivity index (χ1v) is 8.45. The van der Waals surface area contributed by atoms with Gasteiger partial charge in [0.1, 0.15) is 5.75 Å². The SMILES string of the molecule is COc1ccc(S(N)(=O)=O)cc1C(=O)NCCC1CCC1. The molecule has 0 aromatic heterocycles. The van der Waals surface area contributed by atoms with Crippen LogP contribution in [0.1, 0.15) is 36.0 Å². The number of methoxy groups -OCH3 is 1. The van der Waals surface area contributed by atoms with Crippen LogP contribution in [0.2, 0.25) is 0 Å². The van der Waals surface area contributed by atoms with Crippen molar-refractivity contribution >= 4 is 15.9 Å². The van der Waals surface area contributed by atoms with E-state index in [2.05, 4.69) is 5.32 Å². The molecule has 0 atom stereocenters. The molecular formula is C14H20N2O4S. The second-order valence-electron chi connectivity index (χ2n) is 5.25. The highest BCUT2D eigenvalue weighted by atomic mass is 32.2. The fourth-order valence-corrected chi connectivity index (χ4v) is 2.85.